The highest BCUT2D eigenvalue weighted by atomic mass is 31.1. The van der Waals surface area contributed by atoms with E-state index in [0.717, 1.165) is 5.06 Å². The van der Waals surface area contributed by atoms with Crippen molar-refractivity contribution < 1.29 is 14.7 Å². The molecule has 0 fully saturated rings. The first-order valence-corrected chi connectivity index (χ1v) is 5.71. The van der Waals surface area contributed by atoms with Gasteiger partial charge in [-0.15, -0.1) is 11.6 Å². The molecule has 5 heteroatoms. The van der Waals surface area contributed by atoms with Crippen LogP contribution in [-0.4, -0.2) is 21.7 Å². The van der Waals surface area contributed by atoms with E-state index >= 15 is 0 Å². The average Bonchev–Trinajstić information content (AvgIpc) is 2.19. The molecule has 0 aliphatic heterocycles. The van der Waals surface area contributed by atoms with Crippen LogP contribution < -0.4 is 0 Å². The Morgan fingerprint density at radius 3 is 2.53 bits per heavy atom. The molecule has 0 heterocycles. The Balaban J connectivity index is 2.93. The Labute approximate surface area is 89.3 Å². The van der Waals surface area contributed by atoms with Gasteiger partial charge in [0.15, 0.2) is 0 Å². The third-order valence-corrected chi connectivity index (χ3v) is 2.89. The van der Waals surface area contributed by atoms with E-state index in [1.165, 1.54) is 6.08 Å². The highest BCUT2D eigenvalue weighted by Crippen LogP contribution is 2.39. The summed E-state index contributed by atoms with van der Waals surface area (Å²) < 4.78 is 11.1. The van der Waals surface area contributed by atoms with Gasteiger partial charge in [-0.3, -0.25) is 0 Å². The number of rotatable bonds is 5. The molecule has 1 aromatic rings. The second-order valence-electron chi connectivity index (χ2n) is 3.00. The second kappa shape index (κ2) is 5.73. The van der Waals surface area contributed by atoms with Gasteiger partial charge in [-0.1, -0.05) is 36.4 Å². The van der Waals surface area contributed by atoms with Crippen LogP contribution in [0.2, 0.25) is 0 Å². The predicted octanol–water partition coefficient (Wildman–Crippen LogP) is 2.30. The van der Waals surface area contributed by atoms with Crippen LogP contribution in [0.3, 0.4) is 0 Å². The minimum atomic E-state index is -2.51. The van der Waals surface area contributed by atoms with E-state index in [2.05, 4.69) is 6.58 Å². The lowest BCUT2D eigenvalue weighted by Crippen LogP contribution is -2.23. The summed E-state index contributed by atoms with van der Waals surface area (Å²) in [7, 11) is -2.51. The molecular weight excluding hydrogens is 213 g/mol. The van der Waals surface area contributed by atoms with Crippen LogP contribution in [0.4, 0.5) is 0 Å². The molecule has 1 rings (SSSR count). The fourth-order valence-corrected chi connectivity index (χ4v) is 2.02. The molecule has 2 atom stereocenters. The zero-order chi connectivity index (χ0) is 11.3. The standard InChI is InChI=1S/C10H12NO3P/c1-2-8-11(12)10(15(13)14)9-6-4-3-5-7-9/h2-7,10,12H,1,8H2/p+1. The molecule has 2 unspecified atom stereocenters. The minimum Gasteiger partial charge on any atom is -0.309 e. The van der Waals surface area contributed by atoms with Crippen LogP contribution in [0.15, 0.2) is 43.0 Å². The first kappa shape index (κ1) is 12.0. The third kappa shape index (κ3) is 3.22. The summed E-state index contributed by atoms with van der Waals surface area (Å²) in [5.74, 6) is -0.904. The Morgan fingerprint density at radius 1 is 1.47 bits per heavy atom. The van der Waals surface area contributed by atoms with Crippen LogP contribution in [0.25, 0.3) is 0 Å². The maximum atomic E-state index is 11.1. The molecular formula is C10H13NO3P+. The summed E-state index contributed by atoms with van der Waals surface area (Å²) in [6.07, 6.45) is 1.47. The van der Waals surface area contributed by atoms with Crippen LogP contribution >= 0.6 is 8.03 Å². The van der Waals surface area contributed by atoms with Crippen molar-refractivity contribution in [1.29, 1.82) is 0 Å². The maximum Gasteiger partial charge on any atom is 0.532 e. The number of hydroxylamine groups is 2. The first-order chi connectivity index (χ1) is 7.16. The smallest absolute Gasteiger partial charge is 0.309 e. The number of benzene rings is 1. The molecule has 4 nitrogen and oxygen atoms in total. The van der Waals surface area contributed by atoms with Gasteiger partial charge in [-0.25, -0.2) is 0 Å². The molecule has 15 heavy (non-hydrogen) atoms. The van der Waals surface area contributed by atoms with E-state index < -0.39 is 13.8 Å². The molecule has 2 N–H and O–H groups in total. The molecule has 0 aliphatic carbocycles. The molecule has 0 aliphatic rings. The van der Waals surface area contributed by atoms with Crippen LogP contribution in [0.5, 0.6) is 0 Å². The van der Waals surface area contributed by atoms with Crippen molar-refractivity contribution in [1.82, 2.24) is 5.06 Å². The normalized spacial score (nSPS) is 13.7. The molecule has 80 valence electrons. The number of hydrogen-bond acceptors (Lipinski definition) is 3. The Bertz CT molecular complexity index is 342. The van der Waals surface area contributed by atoms with E-state index in [9.17, 15) is 9.77 Å². The first-order valence-electron chi connectivity index (χ1n) is 4.43. The molecule has 0 spiro atoms. The van der Waals surface area contributed by atoms with Crippen molar-refractivity contribution in [2.24, 2.45) is 0 Å². The molecule has 0 aromatic heterocycles. The zero-order valence-corrected chi connectivity index (χ0v) is 9.05. The van der Waals surface area contributed by atoms with E-state index in [-0.39, 0.29) is 6.54 Å². The largest absolute Gasteiger partial charge is 0.532 e. The van der Waals surface area contributed by atoms with Crippen molar-refractivity contribution in [3.63, 3.8) is 0 Å². The minimum absolute atomic E-state index is 0.140. The van der Waals surface area contributed by atoms with Crippen LogP contribution in [-0.2, 0) is 4.57 Å². The van der Waals surface area contributed by atoms with Gasteiger partial charge in [0, 0.05) is 12.1 Å². The summed E-state index contributed by atoms with van der Waals surface area (Å²) in [6, 6.07) is 8.70. The summed E-state index contributed by atoms with van der Waals surface area (Å²) in [5.41, 5.74) is 0.602. The molecule has 0 bridgehead atoms. The highest BCUT2D eigenvalue weighted by Gasteiger charge is 2.36. The summed E-state index contributed by atoms with van der Waals surface area (Å²) >= 11 is 0. The van der Waals surface area contributed by atoms with Crippen molar-refractivity contribution in [2.45, 2.75) is 5.78 Å². The van der Waals surface area contributed by atoms with E-state index in [0.29, 0.717) is 5.56 Å². The quantitative estimate of drug-likeness (QED) is 0.459. The number of hydrogen-bond donors (Lipinski definition) is 2. The third-order valence-electron chi connectivity index (χ3n) is 1.91. The van der Waals surface area contributed by atoms with Gasteiger partial charge in [-0.05, 0) is 4.57 Å². The molecule has 0 saturated carbocycles. The maximum absolute atomic E-state index is 11.1. The average molecular weight is 226 g/mol. The fourth-order valence-electron chi connectivity index (χ4n) is 1.27. The van der Waals surface area contributed by atoms with Gasteiger partial charge in [-0.2, -0.15) is 4.89 Å². The lowest BCUT2D eigenvalue weighted by molar-refractivity contribution is -0.0960. The van der Waals surface area contributed by atoms with Crippen LogP contribution in [0.1, 0.15) is 11.3 Å². The number of nitrogens with zero attached hydrogens (tertiary/aromatic N) is 1. The van der Waals surface area contributed by atoms with Crippen molar-refractivity contribution >= 4 is 8.03 Å². The summed E-state index contributed by atoms with van der Waals surface area (Å²) in [5, 5.41) is 10.4. The van der Waals surface area contributed by atoms with Crippen molar-refractivity contribution in [3.05, 3.63) is 48.6 Å². The van der Waals surface area contributed by atoms with Gasteiger partial charge in [0.25, 0.3) is 5.78 Å². The topological polar surface area (TPSA) is 60.8 Å². The van der Waals surface area contributed by atoms with Gasteiger partial charge in [0.05, 0.1) is 0 Å². The van der Waals surface area contributed by atoms with E-state index in [1.54, 1.807) is 30.3 Å². The van der Waals surface area contributed by atoms with E-state index in [4.69, 9.17) is 4.89 Å². The SMILES string of the molecule is C=CCN(O)C(c1ccccc1)[P+](=O)O. The summed E-state index contributed by atoms with van der Waals surface area (Å²) in [4.78, 5) is 9.14. The lowest BCUT2D eigenvalue weighted by Gasteiger charge is -2.14. The zero-order valence-electron chi connectivity index (χ0n) is 8.15. The predicted molar refractivity (Wildman–Crippen MR) is 57.7 cm³/mol. The Hall–Kier alpha value is -1.06. The van der Waals surface area contributed by atoms with Gasteiger partial charge in [0.2, 0.25) is 0 Å². The van der Waals surface area contributed by atoms with Gasteiger partial charge in [0.1, 0.15) is 0 Å². The van der Waals surface area contributed by atoms with Gasteiger partial charge >= 0.3 is 8.03 Å². The second-order valence-corrected chi connectivity index (χ2v) is 4.09. The molecule has 0 radical (unpaired) electrons. The molecule has 1 aromatic carbocycles. The Morgan fingerprint density at radius 2 is 2.07 bits per heavy atom. The fraction of sp³-hybridized carbons (Fsp3) is 0.200. The van der Waals surface area contributed by atoms with Gasteiger partial charge < -0.3 is 5.21 Å². The van der Waals surface area contributed by atoms with Crippen molar-refractivity contribution in [3.8, 4) is 0 Å². The Kier molecular flexibility index (Phi) is 4.59. The lowest BCUT2D eigenvalue weighted by atomic mass is 10.2. The molecule has 0 saturated heterocycles. The highest BCUT2D eigenvalue weighted by molar-refractivity contribution is 7.38. The van der Waals surface area contributed by atoms with Crippen LogP contribution in [0, 0.1) is 0 Å². The van der Waals surface area contributed by atoms with Crippen molar-refractivity contribution in [2.75, 3.05) is 6.54 Å². The monoisotopic (exact) mass is 226 g/mol. The van der Waals surface area contributed by atoms with E-state index in [1.807, 2.05) is 0 Å². The molecule has 0 amide bonds. The summed E-state index contributed by atoms with van der Waals surface area (Å²) in [6.45, 7) is 3.60.